The standard InChI is InChI=1S/C19H18N4O5S2/c20-29(25,26)17-10-5-11-18(13-17)30(27,28)23-16-9-4-8-15(12-16)22-19(24)21-14-6-2-1-3-7-14/h1-13,23H,(H2,20,25,26)(H2,21,22,24). The van der Waals surface area contributed by atoms with E-state index in [2.05, 4.69) is 15.4 Å². The van der Waals surface area contributed by atoms with Crippen LogP contribution in [0.5, 0.6) is 0 Å². The number of anilines is 3. The topological polar surface area (TPSA) is 147 Å². The fourth-order valence-corrected chi connectivity index (χ4v) is 4.24. The number of hydrogen-bond donors (Lipinski definition) is 4. The van der Waals surface area contributed by atoms with Crippen molar-refractivity contribution in [2.24, 2.45) is 5.14 Å². The SMILES string of the molecule is NS(=O)(=O)c1cccc(S(=O)(=O)Nc2cccc(NC(=O)Nc3ccccc3)c2)c1. The van der Waals surface area contributed by atoms with Gasteiger partial charge in [0.1, 0.15) is 0 Å². The summed E-state index contributed by atoms with van der Waals surface area (Å²) in [7, 11) is -8.14. The lowest BCUT2D eigenvalue weighted by molar-refractivity contribution is 0.262. The number of nitrogens with one attached hydrogen (secondary N) is 3. The fourth-order valence-electron chi connectivity index (χ4n) is 2.51. The number of primary sulfonamides is 1. The van der Waals surface area contributed by atoms with Crippen LogP contribution in [-0.2, 0) is 20.0 Å². The van der Waals surface area contributed by atoms with Gasteiger partial charge in [-0.15, -0.1) is 0 Å². The van der Waals surface area contributed by atoms with Crippen LogP contribution in [-0.4, -0.2) is 22.9 Å². The van der Waals surface area contributed by atoms with Gasteiger partial charge in [0.25, 0.3) is 10.0 Å². The highest BCUT2D eigenvalue weighted by Crippen LogP contribution is 2.21. The highest BCUT2D eigenvalue weighted by molar-refractivity contribution is 7.93. The highest BCUT2D eigenvalue weighted by Gasteiger charge is 2.18. The molecule has 0 heterocycles. The van der Waals surface area contributed by atoms with Gasteiger partial charge in [0.05, 0.1) is 15.5 Å². The first-order valence-electron chi connectivity index (χ1n) is 8.52. The van der Waals surface area contributed by atoms with Gasteiger partial charge < -0.3 is 10.6 Å². The van der Waals surface area contributed by atoms with Crippen molar-refractivity contribution >= 4 is 43.1 Å². The lowest BCUT2D eigenvalue weighted by Gasteiger charge is -2.11. The van der Waals surface area contributed by atoms with E-state index in [4.69, 9.17) is 5.14 Å². The molecule has 0 aliphatic carbocycles. The van der Waals surface area contributed by atoms with E-state index in [9.17, 15) is 21.6 Å². The Hall–Kier alpha value is -3.41. The second kappa shape index (κ2) is 8.53. The van der Waals surface area contributed by atoms with Crippen LogP contribution < -0.4 is 20.5 Å². The average Bonchev–Trinajstić information content (AvgIpc) is 2.68. The summed E-state index contributed by atoms with van der Waals surface area (Å²) in [5.41, 5.74) is 1.12. The number of carbonyl (C=O) groups excluding carboxylic acids is 1. The molecule has 0 bridgehead atoms. The van der Waals surface area contributed by atoms with E-state index in [1.165, 1.54) is 30.3 Å². The third-order valence-electron chi connectivity index (χ3n) is 3.85. The number of hydrogen-bond acceptors (Lipinski definition) is 5. The van der Waals surface area contributed by atoms with Crippen molar-refractivity contribution < 1.29 is 21.6 Å². The lowest BCUT2D eigenvalue weighted by Crippen LogP contribution is -2.19. The van der Waals surface area contributed by atoms with E-state index >= 15 is 0 Å². The Morgan fingerprint density at radius 1 is 0.667 bits per heavy atom. The van der Waals surface area contributed by atoms with Crippen molar-refractivity contribution in [2.75, 3.05) is 15.4 Å². The third-order valence-corrected chi connectivity index (χ3v) is 6.14. The van der Waals surface area contributed by atoms with Gasteiger partial charge in [0, 0.05) is 11.4 Å². The molecule has 0 aromatic heterocycles. The molecule has 0 fully saturated rings. The van der Waals surface area contributed by atoms with Gasteiger partial charge in [-0.3, -0.25) is 4.72 Å². The summed E-state index contributed by atoms with van der Waals surface area (Å²) >= 11 is 0. The molecule has 30 heavy (non-hydrogen) atoms. The van der Waals surface area contributed by atoms with Gasteiger partial charge >= 0.3 is 6.03 Å². The van der Waals surface area contributed by atoms with Crippen LogP contribution in [0.3, 0.4) is 0 Å². The molecule has 0 radical (unpaired) electrons. The van der Waals surface area contributed by atoms with Crippen molar-refractivity contribution in [1.29, 1.82) is 0 Å². The summed E-state index contributed by atoms with van der Waals surface area (Å²) in [6.45, 7) is 0. The molecule has 0 saturated heterocycles. The maximum atomic E-state index is 12.6. The van der Waals surface area contributed by atoms with Crippen LogP contribution in [0.15, 0.2) is 88.7 Å². The Kier molecular flexibility index (Phi) is 6.06. The number of rotatable bonds is 6. The molecule has 0 atom stereocenters. The normalized spacial score (nSPS) is 11.5. The molecule has 2 amide bonds. The van der Waals surface area contributed by atoms with Crippen molar-refractivity contribution in [2.45, 2.75) is 9.79 Å². The van der Waals surface area contributed by atoms with Crippen LogP contribution >= 0.6 is 0 Å². The minimum Gasteiger partial charge on any atom is -0.308 e. The van der Waals surface area contributed by atoms with Crippen molar-refractivity contribution in [3.63, 3.8) is 0 Å². The van der Waals surface area contributed by atoms with E-state index in [0.29, 0.717) is 11.4 Å². The van der Waals surface area contributed by atoms with Crippen LogP contribution in [0, 0.1) is 0 Å². The quantitative estimate of drug-likeness (QED) is 0.460. The number of urea groups is 1. The molecule has 11 heteroatoms. The van der Waals surface area contributed by atoms with Gasteiger partial charge in [-0.05, 0) is 48.5 Å². The Morgan fingerprint density at radius 2 is 1.23 bits per heavy atom. The van der Waals surface area contributed by atoms with Crippen LogP contribution in [0.25, 0.3) is 0 Å². The first kappa shape index (κ1) is 21.3. The molecule has 0 aliphatic rings. The summed E-state index contributed by atoms with van der Waals surface area (Å²) < 4.78 is 50.5. The molecule has 3 rings (SSSR count). The molecule has 3 aromatic carbocycles. The molecule has 9 nitrogen and oxygen atoms in total. The predicted molar refractivity (Wildman–Crippen MR) is 114 cm³/mol. The van der Waals surface area contributed by atoms with E-state index in [-0.39, 0.29) is 15.5 Å². The Balaban J connectivity index is 1.75. The fraction of sp³-hybridized carbons (Fsp3) is 0. The largest absolute Gasteiger partial charge is 0.323 e. The number of sulfonamides is 2. The molecular formula is C19H18N4O5S2. The summed E-state index contributed by atoms with van der Waals surface area (Å²) in [6, 6.07) is 19.0. The summed E-state index contributed by atoms with van der Waals surface area (Å²) in [5.74, 6) is 0. The number of para-hydroxylation sites is 1. The zero-order valence-electron chi connectivity index (χ0n) is 15.4. The zero-order valence-corrected chi connectivity index (χ0v) is 17.1. The van der Waals surface area contributed by atoms with Crippen LogP contribution in [0.1, 0.15) is 0 Å². The first-order chi connectivity index (χ1) is 14.1. The third kappa shape index (κ3) is 5.56. The Morgan fingerprint density at radius 3 is 1.93 bits per heavy atom. The van der Waals surface area contributed by atoms with E-state index in [1.807, 2.05) is 6.07 Å². The Labute approximate surface area is 174 Å². The second-order valence-electron chi connectivity index (χ2n) is 6.15. The molecule has 0 aliphatic heterocycles. The smallest absolute Gasteiger partial charge is 0.308 e. The summed E-state index contributed by atoms with van der Waals surface area (Å²) in [5, 5.41) is 10.3. The van der Waals surface area contributed by atoms with Gasteiger partial charge in [-0.2, -0.15) is 0 Å². The van der Waals surface area contributed by atoms with Crippen LogP contribution in [0.2, 0.25) is 0 Å². The minimum atomic E-state index is -4.09. The van der Waals surface area contributed by atoms with Crippen molar-refractivity contribution in [3.8, 4) is 0 Å². The summed E-state index contributed by atoms with van der Waals surface area (Å²) in [4.78, 5) is 11.5. The van der Waals surface area contributed by atoms with Gasteiger partial charge in [-0.25, -0.2) is 26.8 Å². The van der Waals surface area contributed by atoms with Crippen molar-refractivity contribution in [3.05, 3.63) is 78.9 Å². The van der Waals surface area contributed by atoms with Crippen LogP contribution in [0.4, 0.5) is 21.9 Å². The predicted octanol–water partition coefficient (Wildman–Crippen LogP) is 2.78. The molecule has 5 N–H and O–H groups in total. The van der Waals surface area contributed by atoms with Gasteiger partial charge in [0.15, 0.2) is 0 Å². The maximum Gasteiger partial charge on any atom is 0.323 e. The maximum absolute atomic E-state index is 12.6. The average molecular weight is 447 g/mol. The highest BCUT2D eigenvalue weighted by atomic mass is 32.2. The molecule has 0 spiro atoms. The van der Waals surface area contributed by atoms with E-state index in [0.717, 1.165) is 6.07 Å². The first-order valence-corrected chi connectivity index (χ1v) is 11.6. The van der Waals surface area contributed by atoms with Gasteiger partial charge in [-0.1, -0.05) is 30.3 Å². The van der Waals surface area contributed by atoms with E-state index < -0.39 is 26.1 Å². The molecule has 0 unspecified atom stereocenters. The number of amides is 2. The zero-order chi connectivity index (χ0) is 21.8. The molecule has 0 saturated carbocycles. The minimum absolute atomic E-state index is 0.175. The number of benzene rings is 3. The molecular weight excluding hydrogens is 428 g/mol. The second-order valence-corrected chi connectivity index (χ2v) is 9.40. The summed E-state index contributed by atoms with van der Waals surface area (Å²) in [6.07, 6.45) is 0. The number of carbonyl (C=O) groups is 1. The number of nitrogens with two attached hydrogens (primary N) is 1. The lowest BCUT2D eigenvalue weighted by atomic mass is 10.3. The van der Waals surface area contributed by atoms with E-state index in [1.54, 1.807) is 36.4 Å². The molecule has 3 aromatic rings. The van der Waals surface area contributed by atoms with Gasteiger partial charge in [0.2, 0.25) is 10.0 Å². The monoisotopic (exact) mass is 446 g/mol. The molecule has 156 valence electrons. The van der Waals surface area contributed by atoms with Crippen molar-refractivity contribution in [1.82, 2.24) is 0 Å². The Bertz CT molecular complexity index is 1280.